The van der Waals surface area contributed by atoms with Gasteiger partial charge in [0, 0.05) is 6.21 Å². The molecule has 0 heterocycles. The van der Waals surface area contributed by atoms with Gasteiger partial charge in [-0.05, 0) is 31.6 Å². The van der Waals surface area contributed by atoms with Crippen LogP contribution in [0, 0.1) is 5.92 Å². The fourth-order valence-corrected chi connectivity index (χ4v) is 1.24. The first-order valence-corrected chi connectivity index (χ1v) is 4.48. The molecule has 1 aliphatic carbocycles. The average Bonchev–Trinajstić information content (AvgIpc) is 2.39. The molecule has 0 aromatic rings. The van der Waals surface area contributed by atoms with E-state index < -0.39 is 0 Å². The number of rotatable bonds is 3. The van der Waals surface area contributed by atoms with Crippen molar-refractivity contribution in [3.8, 4) is 0 Å². The first kappa shape index (κ1) is 8.57. The van der Waals surface area contributed by atoms with E-state index in [1.807, 2.05) is 6.21 Å². The largest absolute Gasteiger partial charge is 0.393 e. The van der Waals surface area contributed by atoms with E-state index in [0.29, 0.717) is 12.0 Å². The molecule has 1 fully saturated rings. The van der Waals surface area contributed by atoms with Crippen molar-refractivity contribution in [3.05, 3.63) is 0 Å². The molecular formula is C9H17NO. The lowest BCUT2D eigenvalue weighted by Crippen LogP contribution is -2.03. The number of oxime groups is 1. The predicted octanol–water partition coefficient (Wildman–Crippen LogP) is 2.59. The first-order chi connectivity index (χ1) is 5.29. The van der Waals surface area contributed by atoms with E-state index in [0.717, 1.165) is 0 Å². The number of hydrogen-bond acceptors (Lipinski definition) is 2. The van der Waals surface area contributed by atoms with Gasteiger partial charge in [0.25, 0.3) is 0 Å². The maximum Gasteiger partial charge on any atom is 0.127 e. The highest BCUT2D eigenvalue weighted by Crippen LogP contribution is 2.20. The minimum absolute atomic E-state index is 0.407. The third kappa shape index (κ3) is 3.40. The van der Waals surface area contributed by atoms with Crippen LogP contribution in [0.3, 0.4) is 0 Å². The van der Waals surface area contributed by atoms with Gasteiger partial charge in [0.2, 0.25) is 0 Å². The van der Waals surface area contributed by atoms with E-state index in [2.05, 4.69) is 19.0 Å². The van der Waals surface area contributed by atoms with Gasteiger partial charge >= 0.3 is 0 Å². The van der Waals surface area contributed by atoms with Crippen molar-refractivity contribution in [2.24, 2.45) is 11.1 Å². The fraction of sp³-hybridized carbons (Fsp3) is 0.889. The summed E-state index contributed by atoms with van der Waals surface area (Å²) in [7, 11) is 0. The van der Waals surface area contributed by atoms with Gasteiger partial charge in [0.05, 0.1) is 0 Å². The van der Waals surface area contributed by atoms with Crippen molar-refractivity contribution in [1.29, 1.82) is 0 Å². The highest BCUT2D eigenvalue weighted by atomic mass is 16.6. The third-order valence-electron chi connectivity index (χ3n) is 1.87. The van der Waals surface area contributed by atoms with Crippen LogP contribution in [0.2, 0.25) is 0 Å². The molecule has 0 radical (unpaired) electrons. The Kier molecular flexibility index (Phi) is 3.40. The zero-order chi connectivity index (χ0) is 8.10. The van der Waals surface area contributed by atoms with E-state index >= 15 is 0 Å². The minimum Gasteiger partial charge on any atom is -0.393 e. The first-order valence-electron chi connectivity index (χ1n) is 4.48. The zero-order valence-electron chi connectivity index (χ0n) is 7.42. The van der Waals surface area contributed by atoms with Crippen molar-refractivity contribution in [1.82, 2.24) is 0 Å². The Balaban J connectivity index is 2.10. The van der Waals surface area contributed by atoms with E-state index in [-0.39, 0.29) is 0 Å². The van der Waals surface area contributed by atoms with Gasteiger partial charge in [-0.3, -0.25) is 0 Å². The molecule has 1 rings (SSSR count). The van der Waals surface area contributed by atoms with Gasteiger partial charge in [-0.2, -0.15) is 0 Å². The summed E-state index contributed by atoms with van der Waals surface area (Å²) in [6, 6.07) is 0. The molecule has 0 amide bonds. The Morgan fingerprint density at radius 1 is 1.36 bits per heavy atom. The highest BCUT2D eigenvalue weighted by Gasteiger charge is 2.15. The molecule has 11 heavy (non-hydrogen) atoms. The average molecular weight is 155 g/mol. The number of nitrogens with zero attached hydrogens (tertiary/aromatic N) is 1. The summed E-state index contributed by atoms with van der Waals surface area (Å²) in [6.45, 7) is 4.20. The summed E-state index contributed by atoms with van der Waals surface area (Å²) in [5.74, 6) is 0.497. The van der Waals surface area contributed by atoms with Crippen molar-refractivity contribution in [2.75, 3.05) is 0 Å². The van der Waals surface area contributed by atoms with Gasteiger partial charge in [0.15, 0.2) is 0 Å². The molecular weight excluding hydrogens is 138 g/mol. The molecule has 0 spiro atoms. The SMILES string of the molecule is CC(C)/C=N/OC1CCCC1. The molecule has 0 saturated heterocycles. The molecule has 0 atom stereocenters. The van der Waals surface area contributed by atoms with Crippen LogP contribution in [0.4, 0.5) is 0 Å². The topological polar surface area (TPSA) is 21.6 Å². The Hall–Kier alpha value is -0.530. The maximum absolute atomic E-state index is 5.28. The van der Waals surface area contributed by atoms with Crippen LogP contribution in [0.1, 0.15) is 39.5 Å². The quantitative estimate of drug-likeness (QED) is 0.453. The van der Waals surface area contributed by atoms with Gasteiger partial charge in [-0.15, -0.1) is 0 Å². The standard InChI is InChI=1S/C9H17NO/c1-8(2)7-10-11-9-5-3-4-6-9/h7-9H,3-6H2,1-2H3/b10-7+. The van der Waals surface area contributed by atoms with E-state index in [1.54, 1.807) is 0 Å². The lowest BCUT2D eigenvalue weighted by Gasteiger charge is -2.05. The molecule has 2 nitrogen and oxygen atoms in total. The molecule has 0 N–H and O–H groups in total. The molecule has 1 saturated carbocycles. The van der Waals surface area contributed by atoms with Gasteiger partial charge in [0.1, 0.15) is 6.10 Å². The van der Waals surface area contributed by atoms with Gasteiger partial charge in [-0.25, -0.2) is 0 Å². The molecule has 0 unspecified atom stereocenters. The van der Waals surface area contributed by atoms with E-state index in [4.69, 9.17) is 4.84 Å². The third-order valence-corrected chi connectivity index (χ3v) is 1.87. The lowest BCUT2D eigenvalue weighted by atomic mass is 10.3. The molecule has 1 aliphatic rings. The summed E-state index contributed by atoms with van der Waals surface area (Å²) in [5.41, 5.74) is 0. The second-order valence-electron chi connectivity index (χ2n) is 3.51. The van der Waals surface area contributed by atoms with Gasteiger partial charge in [-0.1, -0.05) is 19.0 Å². The van der Waals surface area contributed by atoms with Crippen molar-refractivity contribution in [2.45, 2.75) is 45.6 Å². The van der Waals surface area contributed by atoms with E-state index in [9.17, 15) is 0 Å². The second-order valence-corrected chi connectivity index (χ2v) is 3.51. The predicted molar refractivity (Wildman–Crippen MR) is 46.7 cm³/mol. The lowest BCUT2D eigenvalue weighted by molar-refractivity contribution is 0.0648. The van der Waals surface area contributed by atoms with Crippen LogP contribution < -0.4 is 0 Å². The Bertz CT molecular complexity index is 126. The van der Waals surface area contributed by atoms with Crippen LogP contribution >= 0.6 is 0 Å². The normalized spacial score (nSPS) is 20.3. The van der Waals surface area contributed by atoms with Crippen molar-refractivity contribution >= 4 is 6.21 Å². The number of hydrogen-bond donors (Lipinski definition) is 0. The summed E-state index contributed by atoms with van der Waals surface area (Å²) in [6.07, 6.45) is 7.26. The van der Waals surface area contributed by atoms with Crippen LogP contribution in [0.5, 0.6) is 0 Å². The fourth-order valence-electron chi connectivity index (χ4n) is 1.24. The van der Waals surface area contributed by atoms with Crippen molar-refractivity contribution < 1.29 is 4.84 Å². The van der Waals surface area contributed by atoms with Crippen LogP contribution in [-0.4, -0.2) is 12.3 Å². The van der Waals surface area contributed by atoms with Crippen LogP contribution in [-0.2, 0) is 4.84 Å². The van der Waals surface area contributed by atoms with E-state index in [1.165, 1.54) is 25.7 Å². The maximum atomic E-state index is 5.28. The molecule has 64 valence electrons. The van der Waals surface area contributed by atoms with Crippen LogP contribution in [0.25, 0.3) is 0 Å². The minimum atomic E-state index is 0.407. The monoisotopic (exact) mass is 155 g/mol. The summed E-state index contributed by atoms with van der Waals surface area (Å²) < 4.78 is 0. The smallest absolute Gasteiger partial charge is 0.127 e. The highest BCUT2D eigenvalue weighted by molar-refractivity contribution is 5.58. The van der Waals surface area contributed by atoms with Crippen LogP contribution in [0.15, 0.2) is 5.16 Å². The summed E-state index contributed by atoms with van der Waals surface area (Å²) in [5, 5.41) is 3.93. The Morgan fingerprint density at radius 3 is 2.55 bits per heavy atom. The molecule has 0 bridgehead atoms. The van der Waals surface area contributed by atoms with Gasteiger partial charge < -0.3 is 4.84 Å². The molecule has 0 aromatic heterocycles. The summed E-state index contributed by atoms with van der Waals surface area (Å²) in [4.78, 5) is 5.28. The Labute approximate surface area is 68.6 Å². The van der Waals surface area contributed by atoms with Crippen molar-refractivity contribution in [3.63, 3.8) is 0 Å². The second kappa shape index (κ2) is 4.37. The molecule has 2 heteroatoms. The molecule has 0 aromatic carbocycles. The zero-order valence-corrected chi connectivity index (χ0v) is 7.42. The Morgan fingerprint density at radius 2 is 2.00 bits per heavy atom. The molecule has 0 aliphatic heterocycles. The summed E-state index contributed by atoms with van der Waals surface area (Å²) >= 11 is 0.